The molecule has 0 saturated carbocycles. The molecule has 0 fully saturated rings. The van der Waals surface area contributed by atoms with Crippen molar-refractivity contribution >= 4 is 17.3 Å². The van der Waals surface area contributed by atoms with Crippen LogP contribution >= 0.6 is 11.6 Å². The Hall–Kier alpha value is -2.59. The molecule has 1 N–H and O–H groups in total. The first kappa shape index (κ1) is 16.9. The van der Waals surface area contributed by atoms with Gasteiger partial charge in [0.2, 0.25) is 0 Å². The van der Waals surface area contributed by atoms with Gasteiger partial charge in [0.05, 0.1) is 25.1 Å². The third kappa shape index (κ3) is 3.13. The van der Waals surface area contributed by atoms with Crippen molar-refractivity contribution in [2.45, 2.75) is 26.3 Å². The highest BCUT2D eigenvalue weighted by Crippen LogP contribution is 2.26. The van der Waals surface area contributed by atoms with Crippen LogP contribution in [0.1, 0.15) is 33.6 Å². The van der Waals surface area contributed by atoms with Gasteiger partial charge in [0.1, 0.15) is 5.75 Å². The standard InChI is InChI=1S/C21H20ClN3O/c1-13-18-10-6-14-5-9-17(26-2)11-19(14)21(23-12-20(18)25-24-13)15-3-7-16(22)8-4-15/h3-5,7-9,11H,6,10,12H2,1-2H3,(H,24,25). The number of methoxy groups -OCH3 is 1. The number of aliphatic imine (C=N–C) groups is 1. The summed E-state index contributed by atoms with van der Waals surface area (Å²) in [4.78, 5) is 4.95. The molecular weight excluding hydrogens is 346 g/mol. The van der Waals surface area contributed by atoms with E-state index >= 15 is 0 Å². The highest BCUT2D eigenvalue weighted by atomic mass is 35.5. The first-order valence-corrected chi connectivity index (χ1v) is 9.04. The van der Waals surface area contributed by atoms with Crippen LogP contribution in [0.25, 0.3) is 0 Å². The molecule has 0 radical (unpaired) electrons. The van der Waals surface area contributed by atoms with E-state index in [1.165, 1.54) is 11.1 Å². The number of aryl methyl sites for hydroxylation is 2. The van der Waals surface area contributed by atoms with Gasteiger partial charge >= 0.3 is 0 Å². The second kappa shape index (κ2) is 6.96. The maximum Gasteiger partial charge on any atom is 0.119 e. The minimum Gasteiger partial charge on any atom is -0.497 e. The van der Waals surface area contributed by atoms with Crippen LogP contribution in [0.5, 0.6) is 5.75 Å². The summed E-state index contributed by atoms with van der Waals surface area (Å²) in [5.74, 6) is 0.833. The largest absolute Gasteiger partial charge is 0.497 e. The zero-order chi connectivity index (χ0) is 18.1. The maximum absolute atomic E-state index is 6.08. The molecule has 1 aromatic heterocycles. The number of aromatic amines is 1. The lowest BCUT2D eigenvalue weighted by Crippen LogP contribution is -2.08. The first-order chi connectivity index (χ1) is 12.7. The lowest BCUT2D eigenvalue weighted by molar-refractivity contribution is 0.414. The summed E-state index contributed by atoms with van der Waals surface area (Å²) >= 11 is 6.08. The van der Waals surface area contributed by atoms with E-state index in [2.05, 4.69) is 29.3 Å². The molecule has 5 heteroatoms. The van der Waals surface area contributed by atoms with Crippen LogP contribution in [0.2, 0.25) is 5.02 Å². The van der Waals surface area contributed by atoms with Gasteiger partial charge in [0.15, 0.2) is 0 Å². The summed E-state index contributed by atoms with van der Waals surface area (Å²) in [6.45, 7) is 2.62. The molecule has 132 valence electrons. The Bertz CT molecular complexity index is 973. The van der Waals surface area contributed by atoms with Crippen molar-refractivity contribution in [3.8, 4) is 5.75 Å². The molecule has 2 heterocycles. The molecule has 0 unspecified atom stereocenters. The molecule has 4 rings (SSSR count). The molecule has 0 aliphatic carbocycles. The predicted octanol–water partition coefficient (Wildman–Crippen LogP) is 4.52. The van der Waals surface area contributed by atoms with Gasteiger partial charge in [-0.2, -0.15) is 5.10 Å². The van der Waals surface area contributed by atoms with Gasteiger partial charge in [-0.1, -0.05) is 29.8 Å². The number of H-pyrrole nitrogens is 1. The monoisotopic (exact) mass is 365 g/mol. The molecule has 1 aliphatic heterocycles. The number of aromatic nitrogens is 2. The fourth-order valence-electron chi connectivity index (χ4n) is 3.44. The number of ether oxygens (including phenoxy) is 1. The second-order valence-corrected chi connectivity index (χ2v) is 6.91. The summed E-state index contributed by atoms with van der Waals surface area (Å²) in [6.07, 6.45) is 1.87. The Morgan fingerprint density at radius 2 is 1.88 bits per heavy atom. The van der Waals surface area contributed by atoms with Crippen molar-refractivity contribution in [1.29, 1.82) is 0 Å². The van der Waals surface area contributed by atoms with E-state index in [1.54, 1.807) is 7.11 Å². The summed E-state index contributed by atoms with van der Waals surface area (Å²) in [7, 11) is 1.69. The van der Waals surface area contributed by atoms with E-state index in [4.69, 9.17) is 21.3 Å². The fourth-order valence-corrected chi connectivity index (χ4v) is 3.57. The fraction of sp³-hybridized carbons (Fsp3) is 0.238. The highest BCUT2D eigenvalue weighted by Gasteiger charge is 2.18. The molecule has 0 spiro atoms. The van der Waals surface area contributed by atoms with Gasteiger partial charge in [0.25, 0.3) is 0 Å². The third-order valence-corrected chi connectivity index (χ3v) is 5.13. The average Bonchev–Trinajstić information content (AvgIpc) is 3.04. The highest BCUT2D eigenvalue weighted by molar-refractivity contribution is 6.30. The molecule has 0 atom stereocenters. The lowest BCUT2D eigenvalue weighted by atomic mass is 9.93. The summed E-state index contributed by atoms with van der Waals surface area (Å²) in [5.41, 5.74) is 7.77. The Kier molecular flexibility index (Phi) is 4.51. The smallest absolute Gasteiger partial charge is 0.119 e. The molecule has 26 heavy (non-hydrogen) atoms. The normalized spacial score (nSPS) is 13.7. The number of nitrogens with zero attached hydrogens (tertiary/aromatic N) is 2. The lowest BCUT2D eigenvalue weighted by Gasteiger charge is -2.14. The van der Waals surface area contributed by atoms with E-state index in [0.29, 0.717) is 11.6 Å². The summed E-state index contributed by atoms with van der Waals surface area (Å²) < 4.78 is 5.46. The quantitative estimate of drug-likeness (QED) is 0.726. The average molecular weight is 366 g/mol. The van der Waals surface area contributed by atoms with Crippen LogP contribution in [0, 0.1) is 6.92 Å². The topological polar surface area (TPSA) is 50.3 Å². The Labute approximate surface area is 157 Å². The second-order valence-electron chi connectivity index (χ2n) is 6.47. The van der Waals surface area contributed by atoms with Crippen LogP contribution in [0.3, 0.4) is 0 Å². The predicted molar refractivity (Wildman–Crippen MR) is 105 cm³/mol. The molecule has 0 amide bonds. The molecule has 4 nitrogen and oxygen atoms in total. The van der Waals surface area contributed by atoms with Crippen LogP contribution in [0.15, 0.2) is 47.5 Å². The number of benzene rings is 2. The SMILES string of the molecule is COc1ccc2c(c1)C(c1ccc(Cl)cc1)=NCc1n[nH]c(C)c1CC2. The number of fused-ring (bicyclic) bond motifs is 2. The number of hydrogen-bond acceptors (Lipinski definition) is 3. The van der Waals surface area contributed by atoms with Crippen LogP contribution in [-0.4, -0.2) is 23.0 Å². The maximum atomic E-state index is 6.08. The Morgan fingerprint density at radius 1 is 1.08 bits per heavy atom. The number of halogens is 1. The van der Waals surface area contributed by atoms with Crippen LogP contribution < -0.4 is 4.74 Å². The van der Waals surface area contributed by atoms with Crippen molar-refractivity contribution in [2.75, 3.05) is 7.11 Å². The van der Waals surface area contributed by atoms with Crippen LogP contribution in [-0.2, 0) is 19.4 Å². The van der Waals surface area contributed by atoms with E-state index in [0.717, 1.165) is 46.8 Å². The minimum absolute atomic E-state index is 0.550. The van der Waals surface area contributed by atoms with Gasteiger partial charge < -0.3 is 4.74 Å². The van der Waals surface area contributed by atoms with Gasteiger partial charge in [-0.3, -0.25) is 10.1 Å². The van der Waals surface area contributed by atoms with Crippen molar-refractivity contribution in [1.82, 2.24) is 10.2 Å². The van der Waals surface area contributed by atoms with Gasteiger partial charge in [0, 0.05) is 21.8 Å². The molecule has 3 aromatic rings. The zero-order valence-electron chi connectivity index (χ0n) is 14.8. The third-order valence-electron chi connectivity index (χ3n) is 4.88. The van der Waals surface area contributed by atoms with E-state index in [-0.39, 0.29) is 0 Å². The van der Waals surface area contributed by atoms with Crippen LogP contribution in [0.4, 0.5) is 0 Å². The van der Waals surface area contributed by atoms with Crippen molar-refractivity contribution < 1.29 is 4.74 Å². The van der Waals surface area contributed by atoms with Crippen molar-refractivity contribution in [3.05, 3.63) is 81.1 Å². The number of nitrogens with one attached hydrogen (secondary N) is 1. The molecule has 2 aromatic carbocycles. The first-order valence-electron chi connectivity index (χ1n) is 8.66. The molecule has 1 aliphatic rings. The minimum atomic E-state index is 0.550. The molecule has 0 saturated heterocycles. The van der Waals surface area contributed by atoms with E-state index in [1.807, 2.05) is 30.3 Å². The molecular formula is C21H20ClN3O. The zero-order valence-corrected chi connectivity index (χ0v) is 15.6. The van der Waals surface area contributed by atoms with Gasteiger partial charge in [-0.15, -0.1) is 0 Å². The Morgan fingerprint density at radius 3 is 2.65 bits per heavy atom. The van der Waals surface area contributed by atoms with Gasteiger partial charge in [-0.05, 0) is 55.2 Å². The van der Waals surface area contributed by atoms with E-state index < -0.39 is 0 Å². The van der Waals surface area contributed by atoms with Gasteiger partial charge in [-0.25, -0.2) is 0 Å². The number of rotatable bonds is 2. The molecule has 0 bridgehead atoms. The number of hydrogen-bond donors (Lipinski definition) is 1. The summed E-state index contributed by atoms with van der Waals surface area (Å²) in [6, 6.07) is 14.1. The van der Waals surface area contributed by atoms with Crippen molar-refractivity contribution in [2.24, 2.45) is 4.99 Å². The summed E-state index contributed by atoms with van der Waals surface area (Å²) in [5, 5.41) is 8.28. The Balaban J connectivity index is 1.89. The van der Waals surface area contributed by atoms with Crippen molar-refractivity contribution in [3.63, 3.8) is 0 Å². The van der Waals surface area contributed by atoms with E-state index in [9.17, 15) is 0 Å².